The molecule has 114 valence electrons. The van der Waals surface area contributed by atoms with Crippen molar-refractivity contribution in [1.29, 1.82) is 0 Å². The van der Waals surface area contributed by atoms with E-state index in [2.05, 4.69) is 16.7 Å². The van der Waals surface area contributed by atoms with Crippen LogP contribution in [-0.2, 0) is 0 Å². The summed E-state index contributed by atoms with van der Waals surface area (Å²) in [5, 5.41) is 10.9. The number of fused-ring (bicyclic) bond motifs is 1. The molecule has 6 heteroatoms. The summed E-state index contributed by atoms with van der Waals surface area (Å²) < 4.78 is 0. The summed E-state index contributed by atoms with van der Waals surface area (Å²) in [6.45, 7) is 5.45. The topological polar surface area (TPSA) is 75.6 Å². The van der Waals surface area contributed by atoms with Crippen molar-refractivity contribution in [2.45, 2.75) is 38.3 Å². The molecule has 1 aromatic carbocycles. The van der Waals surface area contributed by atoms with E-state index in [-0.39, 0.29) is 11.4 Å². The van der Waals surface area contributed by atoms with Crippen molar-refractivity contribution in [3.63, 3.8) is 0 Å². The van der Waals surface area contributed by atoms with Crippen molar-refractivity contribution in [1.82, 2.24) is 4.90 Å². The Morgan fingerprint density at radius 2 is 2.14 bits per heavy atom. The second kappa shape index (κ2) is 5.52. The number of nitrogen functional groups attached to an aromatic ring is 1. The standard InChI is InChI=1S/C15H22N4O2/c1-11-9-17-7-3-2-4-13(17)10-18(11)12-5-6-15(19(20)21)14(16)8-12/h5-6,8,11,13H,2-4,7,9-10,16H2,1H3. The molecule has 0 spiro atoms. The van der Waals surface area contributed by atoms with Crippen LogP contribution in [0.4, 0.5) is 17.1 Å². The lowest BCUT2D eigenvalue weighted by Crippen LogP contribution is -2.58. The minimum atomic E-state index is -0.429. The molecule has 6 nitrogen and oxygen atoms in total. The number of nitrogens with two attached hydrogens (primary N) is 1. The highest BCUT2D eigenvalue weighted by Crippen LogP contribution is 2.32. The molecule has 2 aliphatic heterocycles. The van der Waals surface area contributed by atoms with Gasteiger partial charge < -0.3 is 10.6 Å². The van der Waals surface area contributed by atoms with Gasteiger partial charge in [-0.15, -0.1) is 0 Å². The fraction of sp³-hybridized carbons (Fsp3) is 0.600. The van der Waals surface area contributed by atoms with Gasteiger partial charge in [0, 0.05) is 36.9 Å². The Balaban J connectivity index is 1.82. The third-order valence-corrected chi connectivity index (χ3v) is 4.73. The van der Waals surface area contributed by atoms with Crippen LogP contribution in [0, 0.1) is 10.1 Å². The summed E-state index contributed by atoms with van der Waals surface area (Å²) in [6, 6.07) is 6.09. The Morgan fingerprint density at radius 3 is 2.86 bits per heavy atom. The molecule has 1 aromatic rings. The summed E-state index contributed by atoms with van der Waals surface area (Å²) >= 11 is 0. The highest BCUT2D eigenvalue weighted by molar-refractivity contribution is 5.67. The molecule has 3 rings (SSSR count). The molecule has 0 aliphatic carbocycles. The molecule has 21 heavy (non-hydrogen) atoms. The molecule has 2 aliphatic rings. The maximum atomic E-state index is 10.9. The van der Waals surface area contributed by atoms with Gasteiger partial charge in [0.25, 0.3) is 5.69 Å². The zero-order chi connectivity index (χ0) is 15.0. The molecule has 0 bridgehead atoms. The van der Waals surface area contributed by atoms with Gasteiger partial charge >= 0.3 is 0 Å². The van der Waals surface area contributed by atoms with E-state index in [1.807, 2.05) is 6.07 Å². The van der Waals surface area contributed by atoms with Crippen LogP contribution in [-0.4, -0.2) is 41.5 Å². The zero-order valence-corrected chi connectivity index (χ0v) is 12.4. The van der Waals surface area contributed by atoms with E-state index in [0.717, 1.165) is 18.8 Å². The molecule has 2 fully saturated rings. The van der Waals surface area contributed by atoms with Crippen LogP contribution < -0.4 is 10.6 Å². The summed E-state index contributed by atoms with van der Waals surface area (Å²) in [5.41, 5.74) is 7.06. The van der Waals surface area contributed by atoms with Gasteiger partial charge in [0.1, 0.15) is 5.69 Å². The number of nitrogens with zero attached hydrogens (tertiary/aromatic N) is 3. The minimum Gasteiger partial charge on any atom is -0.393 e. The molecule has 0 radical (unpaired) electrons. The second-order valence-corrected chi connectivity index (χ2v) is 6.15. The summed E-state index contributed by atoms with van der Waals surface area (Å²) in [7, 11) is 0. The van der Waals surface area contributed by atoms with Crippen molar-refractivity contribution < 1.29 is 4.92 Å². The largest absolute Gasteiger partial charge is 0.393 e. The molecular weight excluding hydrogens is 268 g/mol. The fourth-order valence-corrected chi connectivity index (χ4v) is 3.60. The third kappa shape index (κ3) is 2.68. The van der Waals surface area contributed by atoms with E-state index in [9.17, 15) is 10.1 Å². The molecule has 0 amide bonds. The smallest absolute Gasteiger partial charge is 0.292 e. The van der Waals surface area contributed by atoms with Gasteiger partial charge in [-0.2, -0.15) is 0 Å². The maximum Gasteiger partial charge on any atom is 0.292 e. The molecule has 0 saturated carbocycles. The lowest BCUT2D eigenvalue weighted by molar-refractivity contribution is -0.383. The molecule has 2 unspecified atom stereocenters. The Labute approximate surface area is 124 Å². The zero-order valence-electron chi connectivity index (χ0n) is 12.4. The van der Waals surface area contributed by atoms with E-state index < -0.39 is 4.92 Å². The SMILES string of the molecule is CC1CN2CCCCC2CN1c1ccc([N+](=O)[O-])c(N)c1. The first kappa shape index (κ1) is 14.1. The van der Waals surface area contributed by atoms with Crippen LogP contribution in [0.3, 0.4) is 0 Å². The van der Waals surface area contributed by atoms with Gasteiger partial charge in [0.15, 0.2) is 0 Å². The molecule has 2 saturated heterocycles. The Hall–Kier alpha value is -1.82. The quantitative estimate of drug-likeness (QED) is 0.513. The number of hydrogen-bond acceptors (Lipinski definition) is 5. The van der Waals surface area contributed by atoms with Crippen molar-refractivity contribution in [2.75, 3.05) is 30.3 Å². The van der Waals surface area contributed by atoms with E-state index in [0.29, 0.717) is 12.1 Å². The average molecular weight is 290 g/mol. The summed E-state index contributed by atoms with van der Waals surface area (Å²) in [6.07, 6.45) is 3.84. The first-order valence-corrected chi connectivity index (χ1v) is 7.61. The Morgan fingerprint density at radius 1 is 1.33 bits per heavy atom. The highest BCUT2D eigenvalue weighted by Gasteiger charge is 2.33. The first-order chi connectivity index (χ1) is 10.1. The molecule has 2 N–H and O–H groups in total. The molecular formula is C15H22N4O2. The van der Waals surface area contributed by atoms with Gasteiger partial charge in [0.2, 0.25) is 0 Å². The van der Waals surface area contributed by atoms with Crippen molar-refractivity contribution >= 4 is 17.1 Å². The number of piperazine rings is 1. The average Bonchev–Trinajstić information content (AvgIpc) is 2.46. The van der Waals surface area contributed by atoms with Crippen LogP contribution in [0.5, 0.6) is 0 Å². The van der Waals surface area contributed by atoms with Crippen molar-refractivity contribution in [2.24, 2.45) is 0 Å². The highest BCUT2D eigenvalue weighted by atomic mass is 16.6. The van der Waals surface area contributed by atoms with Gasteiger partial charge in [-0.3, -0.25) is 15.0 Å². The van der Waals surface area contributed by atoms with E-state index in [4.69, 9.17) is 5.73 Å². The number of benzene rings is 1. The van der Waals surface area contributed by atoms with Crippen LogP contribution in [0.15, 0.2) is 18.2 Å². The van der Waals surface area contributed by atoms with Crippen molar-refractivity contribution in [3.8, 4) is 0 Å². The van der Waals surface area contributed by atoms with Crippen molar-refractivity contribution in [3.05, 3.63) is 28.3 Å². The molecule has 0 aromatic heterocycles. The Bertz CT molecular complexity index is 548. The number of hydrogen-bond donors (Lipinski definition) is 1. The van der Waals surface area contributed by atoms with Gasteiger partial charge in [-0.05, 0) is 38.4 Å². The lowest BCUT2D eigenvalue weighted by Gasteiger charge is -2.48. The van der Waals surface area contributed by atoms with E-state index in [1.165, 1.54) is 31.9 Å². The third-order valence-electron chi connectivity index (χ3n) is 4.73. The van der Waals surface area contributed by atoms with Gasteiger partial charge in [0.05, 0.1) is 4.92 Å². The Kier molecular flexibility index (Phi) is 3.71. The second-order valence-electron chi connectivity index (χ2n) is 6.15. The van der Waals surface area contributed by atoms with Crippen LogP contribution in [0.2, 0.25) is 0 Å². The van der Waals surface area contributed by atoms with Crippen LogP contribution in [0.1, 0.15) is 26.2 Å². The predicted molar refractivity (Wildman–Crippen MR) is 83.5 cm³/mol. The predicted octanol–water partition coefficient (Wildman–Crippen LogP) is 2.24. The number of rotatable bonds is 2. The fourth-order valence-electron chi connectivity index (χ4n) is 3.60. The molecule has 2 heterocycles. The van der Waals surface area contributed by atoms with Gasteiger partial charge in [-0.25, -0.2) is 0 Å². The van der Waals surface area contributed by atoms with Gasteiger partial charge in [-0.1, -0.05) is 6.42 Å². The number of nitro groups is 1. The van der Waals surface area contributed by atoms with Crippen LogP contribution >= 0.6 is 0 Å². The lowest BCUT2D eigenvalue weighted by atomic mass is 9.96. The van der Waals surface area contributed by atoms with Crippen LogP contribution in [0.25, 0.3) is 0 Å². The normalized spacial score (nSPS) is 26.4. The monoisotopic (exact) mass is 290 g/mol. The number of anilines is 2. The number of nitro benzene ring substituents is 1. The van der Waals surface area contributed by atoms with E-state index in [1.54, 1.807) is 6.07 Å². The minimum absolute atomic E-state index is 0.0114. The first-order valence-electron chi connectivity index (χ1n) is 7.61. The molecule has 2 atom stereocenters. The summed E-state index contributed by atoms with van der Waals surface area (Å²) in [4.78, 5) is 15.4. The summed E-state index contributed by atoms with van der Waals surface area (Å²) in [5.74, 6) is 0. The maximum absolute atomic E-state index is 10.9. The number of piperidine rings is 1. The van der Waals surface area contributed by atoms with E-state index >= 15 is 0 Å².